The molecule has 3 aliphatic rings. The van der Waals surface area contributed by atoms with E-state index in [9.17, 15) is 24.3 Å². The van der Waals surface area contributed by atoms with Crippen LogP contribution in [0.4, 0.5) is 0 Å². The molecule has 8 rings (SSSR count). The highest BCUT2D eigenvalue weighted by atomic mass is 32.1. The number of piperidine rings is 2. The number of ether oxygens (including phenoxy) is 2. The van der Waals surface area contributed by atoms with Crippen molar-refractivity contribution in [1.82, 2.24) is 15.1 Å². The van der Waals surface area contributed by atoms with E-state index in [0.29, 0.717) is 56.1 Å². The van der Waals surface area contributed by atoms with E-state index < -0.39 is 11.9 Å². The van der Waals surface area contributed by atoms with Crippen LogP contribution in [-0.2, 0) is 27.3 Å². The van der Waals surface area contributed by atoms with E-state index in [1.165, 1.54) is 5.56 Å². The highest BCUT2D eigenvalue weighted by Crippen LogP contribution is 2.47. The van der Waals surface area contributed by atoms with Gasteiger partial charge in [-0.1, -0.05) is 42.0 Å². The molecule has 4 aromatic carbocycles. The number of carbonyl (C=O) groups excluding carboxylic acids is 4. The number of rotatable bonds is 13. The summed E-state index contributed by atoms with van der Waals surface area (Å²) >= 11 is 1.60. The van der Waals surface area contributed by atoms with Crippen LogP contribution in [-0.4, -0.2) is 70.7 Å². The van der Waals surface area contributed by atoms with Gasteiger partial charge in [0.1, 0.15) is 35.7 Å². The summed E-state index contributed by atoms with van der Waals surface area (Å²) < 4.78 is 13.5. The van der Waals surface area contributed by atoms with Crippen LogP contribution in [0.25, 0.3) is 20.5 Å². The number of fused-ring (bicyclic) bond motifs is 2. The lowest BCUT2D eigenvalue weighted by Gasteiger charge is -2.31. The van der Waals surface area contributed by atoms with Gasteiger partial charge in [0.15, 0.2) is 5.75 Å². The molecule has 0 saturated carbocycles. The van der Waals surface area contributed by atoms with Crippen molar-refractivity contribution in [3.8, 4) is 33.4 Å². The lowest BCUT2D eigenvalue weighted by molar-refractivity contribution is -0.137. The second kappa shape index (κ2) is 16.3. The van der Waals surface area contributed by atoms with E-state index in [-0.39, 0.29) is 29.8 Å². The van der Waals surface area contributed by atoms with Crippen molar-refractivity contribution < 1.29 is 33.8 Å². The minimum atomic E-state index is -0.633. The molecule has 2 fully saturated rings. The molecule has 11 heteroatoms. The fraction of sp³-hybridized carbons (Fsp3) is 0.333. The molecule has 56 heavy (non-hydrogen) atoms. The number of likely N-dealkylation sites (tertiary alicyclic amines) is 1. The quantitative estimate of drug-likeness (QED) is 0.116. The predicted octanol–water partition coefficient (Wildman–Crippen LogP) is 7.82. The number of amides is 3. The molecule has 0 radical (unpaired) electrons. The zero-order valence-electron chi connectivity index (χ0n) is 31.4. The Bertz CT molecular complexity index is 2280. The molecule has 0 aliphatic carbocycles. The molecule has 2 saturated heterocycles. The molecule has 5 aromatic rings. The molecule has 2 N–H and O–H groups in total. The van der Waals surface area contributed by atoms with Crippen molar-refractivity contribution in [3.63, 3.8) is 0 Å². The molecule has 288 valence electrons. The van der Waals surface area contributed by atoms with Gasteiger partial charge in [-0.2, -0.15) is 0 Å². The van der Waals surface area contributed by atoms with Crippen LogP contribution in [0.15, 0.2) is 84.9 Å². The summed E-state index contributed by atoms with van der Waals surface area (Å²) in [6, 6.07) is 26.5. The summed E-state index contributed by atoms with van der Waals surface area (Å²) in [5.41, 5.74) is 4.72. The smallest absolute Gasteiger partial charge is 0.255 e. The molecule has 10 nitrogen and oxygen atoms in total. The maximum absolute atomic E-state index is 13.0. The Hall–Kier alpha value is -5.52. The highest BCUT2D eigenvalue weighted by Gasteiger charge is 2.39. The number of nitrogens with one attached hydrogen (secondary N) is 1. The number of hydrogen-bond acceptors (Lipinski definition) is 9. The van der Waals surface area contributed by atoms with E-state index in [1.807, 2.05) is 42.5 Å². The summed E-state index contributed by atoms with van der Waals surface area (Å²) in [4.78, 5) is 54.9. The molecule has 0 spiro atoms. The average molecular weight is 772 g/mol. The van der Waals surface area contributed by atoms with Crippen LogP contribution < -0.4 is 14.8 Å². The molecular weight excluding hydrogens is 727 g/mol. The molecular formula is C45H45N3O7S. The third kappa shape index (κ3) is 8.34. The Morgan fingerprint density at radius 2 is 1.68 bits per heavy atom. The second-order valence-corrected chi connectivity index (χ2v) is 16.2. The second-order valence-electron chi connectivity index (χ2n) is 15.1. The summed E-state index contributed by atoms with van der Waals surface area (Å²) in [6.45, 7) is 5.66. The van der Waals surface area contributed by atoms with Crippen molar-refractivity contribution in [2.75, 3.05) is 26.2 Å². The number of phenolic OH excluding ortho intramolecular Hbond substituents is 1. The number of Topliss-reactive ketones (excluding diaryl/α,β-unsaturated/α-hetero) is 1. The van der Waals surface area contributed by atoms with Crippen molar-refractivity contribution in [2.24, 2.45) is 5.92 Å². The van der Waals surface area contributed by atoms with Crippen LogP contribution in [0, 0.1) is 12.8 Å². The Morgan fingerprint density at radius 3 is 2.45 bits per heavy atom. The lowest BCUT2D eigenvalue weighted by atomic mass is 9.90. The summed E-state index contributed by atoms with van der Waals surface area (Å²) in [6.07, 6.45) is 4.19. The van der Waals surface area contributed by atoms with Gasteiger partial charge in [-0.25, -0.2) is 0 Å². The molecule has 3 aliphatic heterocycles. The SMILES string of the molecule is Cc1ccc(-c2sc3cc(O)ccc3c2Oc2ccc(OCCN3CCC(CC(=O)CCc4ccc5c(c4)CN(C4CCC(=O)NC4=O)C5=O)CC3)cc2)cc1. The summed E-state index contributed by atoms with van der Waals surface area (Å²) in [7, 11) is 0. The number of aromatic hydroxyl groups is 1. The van der Waals surface area contributed by atoms with Crippen molar-refractivity contribution in [1.29, 1.82) is 0 Å². The predicted molar refractivity (Wildman–Crippen MR) is 215 cm³/mol. The van der Waals surface area contributed by atoms with E-state index in [0.717, 1.165) is 75.6 Å². The van der Waals surface area contributed by atoms with Gasteiger partial charge in [0.25, 0.3) is 5.91 Å². The number of nitrogens with zero attached hydrogens (tertiary/aromatic N) is 2. The zero-order valence-corrected chi connectivity index (χ0v) is 32.2. The van der Waals surface area contributed by atoms with Gasteiger partial charge in [0.05, 0.1) is 4.88 Å². The summed E-state index contributed by atoms with van der Waals surface area (Å²) in [5, 5.41) is 13.4. The van der Waals surface area contributed by atoms with Crippen LogP contribution in [0.5, 0.6) is 23.0 Å². The maximum atomic E-state index is 13.0. The van der Waals surface area contributed by atoms with Gasteiger partial charge < -0.3 is 19.5 Å². The van der Waals surface area contributed by atoms with Crippen LogP contribution >= 0.6 is 11.3 Å². The molecule has 4 heterocycles. The van der Waals surface area contributed by atoms with E-state index in [2.05, 4.69) is 41.4 Å². The maximum Gasteiger partial charge on any atom is 0.255 e. The monoisotopic (exact) mass is 771 g/mol. The van der Waals surface area contributed by atoms with E-state index in [4.69, 9.17) is 9.47 Å². The Morgan fingerprint density at radius 1 is 0.911 bits per heavy atom. The molecule has 1 unspecified atom stereocenters. The lowest BCUT2D eigenvalue weighted by Crippen LogP contribution is -2.52. The topological polar surface area (TPSA) is 125 Å². The van der Waals surface area contributed by atoms with Gasteiger partial charge in [-0.15, -0.1) is 11.3 Å². The minimum Gasteiger partial charge on any atom is -0.508 e. The van der Waals surface area contributed by atoms with Crippen molar-refractivity contribution in [2.45, 2.75) is 64.5 Å². The van der Waals surface area contributed by atoms with E-state index >= 15 is 0 Å². The average Bonchev–Trinajstić information content (AvgIpc) is 3.71. The van der Waals surface area contributed by atoms with Crippen LogP contribution in [0.2, 0.25) is 0 Å². The Kier molecular flexibility index (Phi) is 10.9. The molecule has 3 amide bonds. The summed E-state index contributed by atoms with van der Waals surface area (Å²) in [5.74, 6) is 2.22. The number of hydrogen-bond donors (Lipinski definition) is 2. The largest absolute Gasteiger partial charge is 0.508 e. The van der Waals surface area contributed by atoms with E-state index in [1.54, 1.807) is 34.4 Å². The fourth-order valence-electron chi connectivity index (χ4n) is 7.98. The van der Waals surface area contributed by atoms with Crippen molar-refractivity contribution >= 4 is 44.9 Å². The third-order valence-corrected chi connectivity index (χ3v) is 12.3. The van der Waals surface area contributed by atoms with Crippen molar-refractivity contribution in [3.05, 3.63) is 107 Å². The van der Waals surface area contributed by atoms with Gasteiger partial charge in [0.2, 0.25) is 11.8 Å². The standard InChI is InChI=1S/C45H45N3O7S/c1-28-2-6-31(7-3-28)43-42(38-15-9-34(50)26-40(38)56-43)55-36-12-10-35(11-13-36)54-23-22-47-20-18-30(19-21-47)25-33(49)8-4-29-5-14-37-32(24-29)27-48(45(37)53)39-16-17-41(51)46-44(39)52/h2-3,5-7,9-15,24,26,30,39,50H,4,8,16-23,25,27H2,1H3,(H,46,51,52). The van der Waals surface area contributed by atoms with Crippen LogP contribution in [0.1, 0.15) is 65.6 Å². The van der Waals surface area contributed by atoms with Gasteiger partial charge in [0, 0.05) is 48.0 Å². The van der Waals surface area contributed by atoms with Gasteiger partial charge >= 0.3 is 0 Å². The number of benzene rings is 4. The number of thiophene rings is 1. The molecule has 0 bridgehead atoms. The Balaban J connectivity index is 0.764. The number of aryl methyl sites for hydroxylation is 2. The highest BCUT2D eigenvalue weighted by molar-refractivity contribution is 7.22. The van der Waals surface area contributed by atoms with Crippen LogP contribution in [0.3, 0.4) is 0 Å². The molecule has 1 atom stereocenters. The zero-order chi connectivity index (χ0) is 38.8. The Labute approximate surface area is 330 Å². The van der Waals surface area contributed by atoms with Gasteiger partial charge in [-0.05, 0) is 117 Å². The first-order chi connectivity index (χ1) is 27.2. The third-order valence-electron chi connectivity index (χ3n) is 11.2. The first kappa shape index (κ1) is 37.4. The number of imide groups is 1. The molecule has 1 aromatic heterocycles. The number of carbonyl (C=O) groups is 4. The minimum absolute atomic E-state index is 0.185. The number of ketones is 1. The first-order valence-corrected chi connectivity index (χ1v) is 20.2. The fourth-order valence-corrected chi connectivity index (χ4v) is 9.15. The first-order valence-electron chi connectivity index (χ1n) is 19.4. The number of phenols is 1. The normalized spacial score (nSPS) is 17.6. The van der Waals surface area contributed by atoms with Gasteiger partial charge in [-0.3, -0.25) is 29.4 Å².